The SMILES string of the molecule is Cc1cc(-c2cc3c(=O)c(-c4cnco4)c[nH]c3nc2-c2ccc(C)o2)cc(Cl)n1. The number of halogens is 1. The molecule has 0 aromatic carbocycles. The van der Waals surface area contributed by atoms with Crippen LogP contribution in [0.15, 0.2) is 62.7 Å². The van der Waals surface area contributed by atoms with Crippen molar-refractivity contribution in [3.05, 3.63) is 75.9 Å². The fourth-order valence-corrected chi connectivity index (χ4v) is 3.68. The van der Waals surface area contributed by atoms with Crippen molar-refractivity contribution < 1.29 is 8.83 Å². The molecular weight excluding hydrogens is 404 g/mol. The standard InChI is InChI=1S/C22H15ClN4O3/c1-11-5-13(6-19(23)26-11)14-7-15-21(28)16(18-9-24-10-29-18)8-25-22(15)27-20(14)17-4-3-12(2)30-17/h3-10H,1-2H3,(H,25,27,28). The highest BCUT2D eigenvalue weighted by molar-refractivity contribution is 6.29. The van der Waals surface area contributed by atoms with Crippen LogP contribution < -0.4 is 5.43 Å². The number of fused-ring (bicyclic) bond motifs is 1. The molecule has 8 heteroatoms. The van der Waals surface area contributed by atoms with Gasteiger partial charge in [0.05, 0.1) is 17.1 Å². The first-order chi connectivity index (χ1) is 14.5. The van der Waals surface area contributed by atoms with Gasteiger partial charge >= 0.3 is 0 Å². The van der Waals surface area contributed by atoms with Crippen LogP contribution in [-0.4, -0.2) is 19.9 Å². The van der Waals surface area contributed by atoms with Crippen molar-refractivity contribution in [2.75, 3.05) is 0 Å². The molecule has 0 saturated carbocycles. The maximum atomic E-state index is 13.2. The van der Waals surface area contributed by atoms with Crippen molar-refractivity contribution in [3.63, 3.8) is 0 Å². The lowest BCUT2D eigenvalue weighted by molar-refractivity contribution is 0.547. The number of furan rings is 1. The molecule has 0 aliphatic rings. The summed E-state index contributed by atoms with van der Waals surface area (Å²) in [7, 11) is 0. The molecule has 0 aliphatic heterocycles. The summed E-state index contributed by atoms with van der Waals surface area (Å²) in [6.45, 7) is 3.72. The highest BCUT2D eigenvalue weighted by Gasteiger charge is 2.18. The smallest absolute Gasteiger partial charge is 0.202 e. The number of oxazole rings is 1. The Hall–Kier alpha value is -3.71. The third kappa shape index (κ3) is 3.09. The van der Waals surface area contributed by atoms with Crippen LogP contribution in [0.5, 0.6) is 0 Å². The Labute approximate surface area is 175 Å². The Bertz CT molecular complexity index is 1430. The molecule has 0 amide bonds. The van der Waals surface area contributed by atoms with E-state index in [9.17, 15) is 4.79 Å². The minimum atomic E-state index is -0.215. The van der Waals surface area contributed by atoms with Crippen LogP contribution >= 0.6 is 11.6 Å². The zero-order chi connectivity index (χ0) is 20.8. The molecule has 5 rings (SSSR count). The van der Waals surface area contributed by atoms with Crippen molar-refractivity contribution in [3.8, 4) is 33.9 Å². The van der Waals surface area contributed by atoms with E-state index in [0.717, 1.165) is 17.0 Å². The normalized spacial score (nSPS) is 11.3. The summed E-state index contributed by atoms with van der Waals surface area (Å²) >= 11 is 6.20. The third-order valence-electron chi connectivity index (χ3n) is 4.77. The van der Waals surface area contributed by atoms with Crippen molar-refractivity contribution in [2.24, 2.45) is 0 Å². The lowest BCUT2D eigenvalue weighted by Gasteiger charge is -2.11. The van der Waals surface area contributed by atoms with Crippen molar-refractivity contribution in [2.45, 2.75) is 13.8 Å². The van der Waals surface area contributed by atoms with E-state index in [0.29, 0.717) is 44.5 Å². The number of aromatic amines is 1. The zero-order valence-electron chi connectivity index (χ0n) is 16.1. The molecule has 5 heterocycles. The summed E-state index contributed by atoms with van der Waals surface area (Å²) < 4.78 is 11.1. The minimum absolute atomic E-state index is 0.215. The second-order valence-corrected chi connectivity index (χ2v) is 7.30. The summed E-state index contributed by atoms with van der Waals surface area (Å²) in [6, 6.07) is 9.14. The molecule has 0 spiro atoms. The van der Waals surface area contributed by atoms with Crippen LogP contribution in [-0.2, 0) is 0 Å². The molecular formula is C22H15ClN4O3. The molecule has 30 heavy (non-hydrogen) atoms. The molecule has 0 fully saturated rings. The van der Waals surface area contributed by atoms with Gasteiger partial charge in [-0.25, -0.2) is 15.0 Å². The monoisotopic (exact) mass is 418 g/mol. The number of hydrogen-bond acceptors (Lipinski definition) is 6. The molecule has 148 valence electrons. The van der Waals surface area contributed by atoms with E-state index in [1.165, 1.54) is 12.6 Å². The Morgan fingerprint density at radius 1 is 1.03 bits per heavy atom. The maximum Gasteiger partial charge on any atom is 0.202 e. The highest BCUT2D eigenvalue weighted by atomic mass is 35.5. The predicted octanol–water partition coefficient (Wildman–Crippen LogP) is 5.17. The van der Waals surface area contributed by atoms with E-state index >= 15 is 0 Å². The fraction of sp³-hybridized carbons (Fsp3) is 0.0909. The number of hydrogen-bond donors (Lipinski definition) is 1. The van der Waals surface area contributed by atoms with Gasteiger partial charge in [-0.1, -0.05) is 11.6 Å². The van der Waals surface area contributed by atoms with E-state index in [1.807, 2.05) is 32.0 Å². The average Bonchev–Trinajstić information content (AvgIpc) is 3.39. The number of H-pyrrole nitrogens is 1. The number of pyridine rings is 3. The van der Waals surface area contributed by atoms with Gasteiger partial charge in [0.25, 0.3) is 0 Å². The predicted molar refractivity (Wildman–Crippen MR) is 113 cm³/mol. The van der Waals surface area contributed by atoms with E-state index < -0.39 is 0 Å². The molecule has 0 aliphatic carbocycles. The summed E-state index contributed by atoms with van der Waals surface area (Å²) in [5.41, 5.74) is 3.45. The topological polar surface area (TPSA) is 97.8 Å². The number of aryl methyl sites for hydroxylation is 2. The Balaban J connectivity index is 1.84. The summed E-state index contributed by atoms with van der Waals surface area (Å²) in [5, 5.41) is 0.771. The van der Waals surface area contributed by atoms with Gasteiger partial charge in [0.2, 0.25) is 5.43 Å². The first kappa shape index (κ1) is 18.3. The van der Waals surface area contributed by atoms with Gasteiger partial charge in [-0.05, 0) is 49.7 Å². The molecule has 0 radical (unpaired) electrons. The molecule has 5 aromatic rings. The lowest BCUT2D eigenvalue weighted by atomic mass is 10.0. The van der Waals surface area contributed by atoms with Gasteiger partial charge in [-0.2, -0.15) is 0 Å². The van der Waals surface area contributed by atoms with Crippen LogP contribution in [0, 0.1) is 13.8 Å². The summed E-state index contributed by atoms with van der Waals surface area (Å²) in [6.07, 6.45) is 4.35. The maximum absolute atomic E-state index is 13.2. The van der Waals surface area contributed by atoms with Gasteiger partial charge in [0, 0.05) is 17.5 Å². The van der Waals surface area contributed by atoms with Crippen LogP contribution in [0.2, 0.25) is 5.15 Å². The molecule has 1 N–H and O–H groups in total. The van der Waals surface area contributed by atoms with Crippen LogP contribution in [0.1, 0.15) is 11.5 Å². The minimum Gasteiger partial charge on any atom is -0.460 e. The summed E-state index contributed by atoms with van der Waals surface area (Å²) in [4.78, 5) is 29.1. The second kappa shape index (κ2) is 6.96. The molecule has 0 bridgehead atoms. The van der Waals surface area contributed by atoms with Gasteiger partial charge < -0.3 is 13.8 Å². The highest BCUT2D eigenvalue weighted by Crippen LogP contribution is 2.34. The number of nitrogens with zero attached hydrogens (tertiary/aromatic N) is 3. The zero-order valence-corrected chi connectivity index (χ0v) is 16.8. The van der Waals surface area contributed by atoms with Gasteiger partial charge in [0.1, 0.15) is 22.3 Å². The van der Waals surface area contributed by atoms with E-state index in [1.54, 1.807) is 18.3 Å². The van der Waals surface area contributed by atoms with Gasteiger partial charge in [-0.3, -0.25) is 4.79 Å². The number of rotatable bonds is 3. The van der Waals surface area contributed by atoms with Crippen LogP contribution in [0.25, 0.3) is 44.9 Å². The molecule has 5 aromatic heterocycles. The number of aromatic nitrogens is 4. The Morgan fingerprint density at radius 3 is 2.60 bits per heavy atom. The van der Waals surface area contributed by atoms with Crippen LogP contribution in [0.4, 0.5) is 0 Å². The Kier molecular flexibility index (Phi) is 4.25. The van der Waals surface area contributed by atoms with Crippen LogP contribution in [0.3, 0.4) is 0 Å². The molecule has 0 unspecified atom stereocenters. The Morgan fingerprint density at radius 2 is 1.90 bits per heavy atom. The first-order valence-electron chi connectivity index (χ1n) is 9.16. The molecule has 0 atom stereocenters. The van der Waals surface area contributed by atoms with Gasteiger partial charge in [0.15, 0.2) is 17.9 Å². The number of nitrogens with one attached hydrogen (secondary N) is 1. The molecule has 7 nitrogen and oxygen atoms in total. The molecule has 0 saturated heterocycles. The average molecular weight is 419 g/mol. The lowest BCUT2D eigenvalue weighted by Crippen LogP contribution is -2.08. The first-order valence-corrected chi connectivity index (χ1v) is 9.54. The van der Waals surface area contributed by atoms with E-state index in [2.05, 4.69) is 15.0 Å². The van der Waals surface area contributed by atoms with Gasteiger partial charge in [-0.15, -0.1) is 0 Å². The van der Waals surface area contributed by atoms with E-state index in [4.69, 9.17) is 25.4 Å². The van der Waals surface area contributed by atoms with E-state index in [-0.39, 0.29) is 5.43 Å². The van der Waals surface area contributed by atoms with Crippen molar-refractivity contribution in [1.29, 1.82) is 0 Å². The largest absolute Gasteiger partial charge is 0.460 e. The quantitative estimate of drug-likeness (QED) is 0.406. The van der Waals surface area contributed by atoms with Crippen molar-refractivity contribution in [1.82, 2.24) is 19.9 Å². The third-order valence-corrected chi connectivity index (χ3v) is 4.96. The summed E-state index contributed by atoms with van der Waals surface area (Å²) in [5.74, 6) is 1.74. The second-order valence-electron chi connectivity index (χ2n) is 6.91. The van der Waals surface area contributed by atoms with Crippen molar-refractivity contribution >= 4 is 22.6 Å². The fourth-order valence-electron chi connectivity index (χ4n) is 3.43.